The Labute approximate surface area is 126 Å². The van der Waals surface area contributed by atoms with Gasteiger partial charge in [-0.25, -0.2) is 0 Å². The van der Waals surface area contributed by atoms with Gasteiger partial charge < -0.3 is 10.1 Å². The Morgan fingerprint density at radius 2 is 1.67 bits per heavy atom. The Bertz CT molecular complexity index is 624. The second-order valence-electron chi connectivity index (χ2n) is 6.15. The SMILES string of the molecule is Cc1cccc(Oc2ccc(NC(=O)C(C)(C)C)cc2)c1. The Morgan fingerprint density at radius 1 is 1.00 bits per heavy atom. The zero-order valence-corrected chi connectivity index (χ0v) is 12.9. The van der Waals surface area contributed by atoms with E-state index >= 15 is 0 Å². The molecule has 3 nitrogen and oxygen atoms in total. The third kappa shape index (κ3) is 4.35. The summed E-state index contributed by atoms with van der Waals surface area (Å²) in [6.45, 7) is 7.69. The number of hydrogen-bond acceptors (Lipinski definition) is 2. The number of nitrogens with one attached hydrogen (secondary N) is 1. The Morgan fingerprint density at radius 3 is 2.24 bits per heavy atom. The summed E-state index contributed by atoms with van der Waals surface area (Å²) in [5.41, 5.74) is 1.52. The van der Waals surface area contributed by atoms with Crippen LogP contribution in [0.25, 0.3) is 0 Å². The van der Waals surface area contributed by atoms with E-state index in [1.165, 1.54) is 0 Å². The molecule has 2 aromatic carbocycles. The minimum Gasteiger partial charge on any atom is -0.457 e. The van der Waals surface area contributed by atoms with E-state index in [-0.39, 0.29) is 5.91 Å². The lowest BCUT2D eigenvalue weighted by Crippen LogP contribution is -2.27. The summed E-state index contributed by atoms with van der Waals surface area (Å²) in [6.07, 6.45) is 0. The zero-order chi connectivity index (χ0) is 15.5. The molecule has 0 bridgehead atoms. The normalized spacial score (nSPS) is 11.0. The van der Waals surface area contributed by atoms with Crippen LogP contribution in [0, 0.1) is 12.3 Å². The van der Waals surface area contributed by atoms with Gasteiger partial charge in [-0.1, -0.05) is 32.9 Å². The number of carbonyl (C=O) groups excluding carboxylic acids is 1. The van der Waals surface area contributed by atoms with Crippen molar-refractivity contribution < 1.29 is 9.53 Å². The fourth-order valence-electron chi connectivity index (χ4n) is 1.74. The van der Waals surface area contributed by atoms with Gasteiger partial charge in [0.25, 0.3) is 0 Å². The van der Waals surface area contributed by atoms with Crippen LogP contribution >= 0.6 is 0 Å². The highest BCUT2D eigenvalue weighted by atomic mass is 16.5. The quantitative estimate of drug-likeness (QED) is 0.881. The second kappa shape index (κ2) is 6.00. The van der Waals surface area contributed by atoms with E-state index in [1.807, 2.05) is 76.2 Å². The molecule has 0 fully saturated rings. The predicted molar refractivity (Wildman–Crippen MR) is 85.8 cm³/mol. The monoisotopic (exact) mass is 283 g/mol. The molecular formula is C18H21NO2. The molecule has 0 spiro atoms. The average Bonchev–Trinajstić information content (AvgIpc) is 2.40. The smallest absolute Gasteiger partial charge is 0.229 e. The number of rotatable bonds is 3. The molecule has 0 radical (unpaired) electrons. The number of amides is 1. The van der Waals surface area contributed by atoms with E-state index in [0.29, 0.717) is 0 Å². The summed E-state index contributed by atoms with van der Waals surface area (Å²) in [5.74, 6) is 1.55. The van der Waals surface area contributed by atoms with Gasteiger partial charge in [-0.15, -0.1) is 0 Å². The molecule has 2 aromatic rings. The molecule has 110 valence electrons. The first-order valence-electron chi connectivity index (χ1n) is 7.01. The molecule has 2 rings (SSSR count). The van der Waals surface area contributed by atoms with Crippen molar-refractivity contribution in [2.24, 2.45) is 5.41 Å². The van der Waals surface area contributed by atoms with Crippen LogP contribution in [0.2, 0.25) is 0 Å². The predicted octanol–water partition coefficient (Wildman–Crippen LogP) is 4.77. The molecule has 1 amide bonds. The third-order valence-electron chi connectivity index (χ3n) is 3.02. The fourth-order valence-corrected chi connectivity index (χ4v) is 1.74. The summed E-state index contributed by atoms with van der Waals surface area (Å²) in [7, 11) is 0. The minimum atomic E-state index is -0.406. The summed E-state index contributed by atoms with van der Waals surface area (Å²) in [4.78, 5) is 11.9. The highest BCUT2D eigenvalue weighted by molar-refractivity contribution is 5.94. The molecule has 0 heterocycles. The summed E-state index contributed by atoms with van der Waals surface area (Å²) in [5, 5.41) is 2.89. The lowest BCUT2D eigenvalue weighted by molar-refractivity contribution is -0.123. The molecule has 0 atom stereocenters. The Hall–Kier alpha value is -2.29. The maximum absolute atomic E-state index is 11.9. The maximum Gasteiger partial charge on any atom is 0.229 e. The second-order valence-corrected chi connectivity index (χ2v) is 6.15. The van der Waals surface area contributed by atoms with E-state index in [1.54, 1.807) is 0 Å². The first-order chi connectivity index (χ1) is 9.84. The van der Waals surface area contributed by atoms with E-state index in [2.05, 4.69) is 5.32 Å². The number of hydrogen-bond donors (Lipinski definition) is 1. The first kappa shape index (κ1) is 15.1. The Balaban J connectivity index is 2.04. The van der Waals surface area contributed by atoms with Crippen molar-refractivity contribution in [3.8, 4) is 11.5 Å². The molecule has 3 heteroatoms. The van der Waals surface area contributed by atoms with Crippen molar-refractivity contribution in [2.45, 2.75) is 27.7 Å². The number of carbonyl (C=O) groups is 1. The molecule has 0 aliphatic carbocycles. The molecule has 1 N–H and O–H groups in total. The van der Waals surface area contributed by atoms with Gasteiger partial charge in [0, 0.05) is 11.1 Å². The van der Waals surface area contributed by atoms with Gasteiger partial charge >= 0.3 is 0 Å². The van der Waals surface area contributed by atoms with Crippen molar-refractivity contribution in [1.82, 2.24) is 0 Å². The largest absolute Gasteiger partial charge is 0.457 e. The molecule has 0 saturated carbocycles. The maximum atomic E-state index is 11.9. The topological polar surface area (TPSA) is 38.3 Å². The van der Waals surface area contributed by atoms with Gasteiger partial charge in [0.15, 0.2) is 0 Å². The van der Waals surface area contributed by atoms with Crippen LogP contribution in [-0.4, -0.2) is 5.91 Å². The number of ether oxygens (including phenoxy) is 1. The van der Waals surface area contributed by atoms with Gasteiger partial charge in [-0.05, 0) is 48.9 Å². The van der Waals surface area contributed by atoms with Crippen molar-refractivity contribution in [1.29, 1.82) is 0 Å². The van der Waals surface area contributed by atoms with Crippen molar-refractivity contribution >= 4 is 11.6 Å². The summed E-state index contributed by atoms with van der Waals surface area (Å²) < 4.78 is 5.77. The highest BCUT2D eigenvalue weighted by Crippen LogP contribution is 2.24. The first-order valence-corrected chi connectivity index (χ1v) is 7.01. The fraction of sp³-hybridized carbons (Fsp3) is 0.278. The van der Waals surface area contributed by atoms with E-state index in [0.717, 1.165) is 22.7 Å². The van der Waals surface area contributed by atoms with Crippen molar-refractivity contribution in [3.05, 3.63) is 54.1 Å². The molecule has 0 aliphatic rings. The van der Waals surface area contributed by atoms with Crippen LogP contribution in [-0.2, 0) is 4.79 Å². The highest BCUT2D eigenvalue weighted by Gasteiger charge is 2.20. The van der Waals surface area contributed by atoms with Gasteiger partial charge in [-0.3, -0.25) is 4.79 Å². The lowest BCUT2D eigenvalue weighted by atomic mass is 9.95. The molecule has 0 aliphatic heterocycles. The lowest BCUT2D eigenvalue weighted by Gasteiger charge is -2.17. The van der Waals surface area contributed by atoms with Crippen molar-refractivity contribution in [2.75, 3.05) is 5.32 Å². The van der Waals surface area contributed by atoms with Crippen LogP contribution in [0.3, 0.4) is 0 Å². The molecule has 0 saturated heterocycles. The van der Waals surface area contributed by atoms with E-state index < -0.39 is 5.41 Å². The van der Waals surface area contributed by atoms with Crippen LogP contribution < -0.4 is 10.1 Å². The molecular weight excluding hydrogens is 262 g/mol. The molecule has 0 aromatic heterocycles. The minimum absolute atomic E-state index is 0.00477. The Kier molecular flexibility index (Phi) is 4.32. The van der Waals surface area contributed by atoms with Gasteiger partial charge in [-0.2, -0.15) is 0 Å². The number of benzene rings is 2. The standard InChI is InChI=1S/C18H21NO2/c1-13-6-5-7-16(12-13)21-15-10-8-14(9-11-15)19-17(20)18(2,3)4/h5-12H,1-4H3,(H,19,20). The zero-order valence-electron chi connectivity index (χ0n) is 12.9. The van der Waals surface area contributed by atoms with E-state index in [9.17, 15) is 4.79 Å². The van der Waals surface area contributed by atoms with Gasteiger partial charge in [0.05, 0.1) is 0 Å². The van der Waals surface area contributed by atoms with Crippen molar-refractivity contribution in [3.63, 3.8) is 0 Å². The van der Waals surface area contributed by atoms with Gasteiger partial charge in [0.2, 0.25) is 5.91 Å². The summed E-state index contributed by atoms with van der Waals surface area (Å²) in [6, 6.07) is 15.3. The molecule has 0 unspecified atom stereocenters. The third-order valence-corrected chi connectivity index (χ3v) is 3.02. The number of aryl methyl sites for hydroxylation is 1. The van der Waals surface area contributed by atoms with Crippen LogP contribution in [0.1, 0.15) is 26.3 Å². The summed E-state index contributed by atoms with van der Waals surface area (Å²) >= 11 is 0. The number of anilines is 1. The van der Waals surface area contributed by atoms with Crippen LogP contribution in [0.5, 0.6) is 11.5 Å². The average molecular weight is 283 g/mol. The van der Waals surface area contributed by atoms with Gasteiger partial charge in [0.1, 0.15) is 11.5 Å². The van der Waals surface area contributed by atoms with E-state index in [4.69, 9.17) is 4.74 Å². The van der Waals surface area contributed by atoms with Crippen LogP contribution in [0.4, 0.5) is 5.69 Å². The van der Waals surface area contributed by atoms with Crippen LogP contribution in [0.15, 0.2) is 48.5 Å². The molecule has 21 heavy (non-hydrogen) atoms.